The lowest BCUT2D eigenvalue weighted by molar-refractivity contribution is 0.0379. The Labute approximate surface area is 214 Å². The van der Waals surface area contributed by atoms with Crippen LogP contribution in [-0.2, 0) is 4.74 Å². The lowest BCUT2D eigenvalue weighted by Gasteiger charge is -2.32. The number of likely N-dealkylation sites (tertiary alicyclic amines) is 1. The van der Waals surface area contributed by atoms with E-state index in [0.29, 0.717) is 17.1 Å². The Bertz CT molecular complexity index is 943. The Balaban J connectivity index is 1.06. The van der Waals surface area contributed by atoms with E-state index in [1.807, 2.05) is 17.8 Å². The second kappa shape index (κ2) is 13.2. The molecule has 1 fully saturated rings. The van der Waals surface area contributed by atoms with Crippen molar-refractivity contribution in [3.8, 4) is 11.5 Å². The van der Waals surface area contributed by atoms with Crippen LogP contribution >= 0.6 is 11.8 Å². The Morgan fingerprint density at radius 2 is 1.74 bits per heavy atom. The zero-order valence-electron chi connectivity index (χ0n) is 21.2. The summed E-state index contributed by atoms with van der Waals surface area (Å²) in [5.74, 6) is 3.82. The van der Waals surface area contributed by atoms with E-state index < -0.39 is 0 Å². The summed E-state index contributed by atoms with van der Waals surface area (Å²) >= 11 is 1.96. The molecule has 1 unspecified atom stereocenters. The highest BCUT2D eigenvalue weighted by molar-refractivity contribution is 7.99. The van der Waals surface area contributed by atoms with Crippen LogP contribution in [0.5, 0.6) is 11.5 Å². The monoisotopic (exact) mass is 497 g/mol. The second-order valence-corrected chi connectivity index (χ2v) is 10.8. The number of cyclic esters (lactones) is 1. The molecule has 0 radical (unpaired) electrons. The number of hydrogen-bond donors (Lipinski definition) is 0. The number of rotatable bonds is 13. The fourth-order valence-corrected chi connectivity index (χ4v) is 6.22. The van der Waals surface area contributed by atoms with Gasteiger partial charge in [0.05, 0.1) is 14.2 Å². The molecule has 2 aliphatic rings. The Morgan fingerprint density at radius 1 is 0.971 bits per heavy atom. The maximum absolute atomic E-state index is 12.3. The smallest absolute Gasteiger partial charge is 0.342 e. The first-order valence-corrected chi connectivity index (χ1v) is 14.2. The highest BCUT2D eigenvalue weighted by atomic mass is 32.2. The number of piperidine rings is 1. The number of carbonyl (C=O) groups is 1. The van der Waals surface area contributed by atoms with E-state index in [9.17, 15) is 4.79 Å². The number of unbranched alkanes of at least 4 members (excludes halogenated alkanes) is 3. The number of ether oxygens (including phenoxy) is 3. The van der Waals surface area contributed by atoms with Crippen molar-refractivity contribution < 1.29 is 19.0 Å². The molecule has 4 rings (SSSR count). The van der Waals surface area contributed by atoms with Crippen molar-refractivity contribution in [1.29, 1.82) is 0 Å². The van der Waals surface area contributed by atoms with Gasteiger partial charge in [-0.25, -0.2) is 4.79 Å². The molecule has 0 saturated carbocycles. The summed E-state index contributed by atoms with van der Waals surface area (Å²) in [4.78, 5) is 15.0. The first-order chi connectivity index (χ1) is 17.2. The third kappa shape index (κ3) is 6.95. The molecular weight excluding hydrogens is 458 g/mol. The van der Waals surface area contributed by atoms with Crippen LogP contribution < -0.4 is 9.47 Å². The number of nitrogens with zero attached hydrogens (tertiary/aromatic N) is 1. The summed E-state index contributed by atoms with van der Waals surface area (Å²) in [6, 6.07) is 14.6. The van der Waals surface area contributed by atoms with E-state index in [1.54, 1.807) is 20.3 Å². The van der Waals surface area contributed by atoms with Gasteiger partial charge in [-0.2, -0.15) is 11.8 Å². The summed E-state index contributed by atoms with van der Waals surface area (Å²) in [5, 5.41) is 0. The van der Waals surface area contributed by atoms with E-state index in [0.717, 1.165) is 29.4 Å². The molecule has 35 heavy (non-hydrogen) atoms. The maximum Gasteiger partial charge on any atom is 0.342 e. The summed E-state index contributed by atoms with van der Waals surface area (Å²) in [6.07, 6.45) is 8.36. The average Bonchev–Trinajstić information content (AvgIpc) is 3.23. The SMILES string of the molecule is COc1cc(OC)c2c(c1)C(CCSCCCCCCN1CCC(c3ccccc3)CC1)OC2=O. The molecule has 0 amide bonds. The Morgan fingerprint density at radius 3 is 2.49 bits per heavy atom. The second-order valence-electron chi connectivity index (χ2n) is 9.53. The third-order valence-electron chi connectivity index (χ3n) is 7.26. The number of methoxy groups -OCH3 is 2. The van der Waals surface area contributed by atoms with Gasteiger partial charge in [0.1, 0.15) is 23.2 Å². The van der Waals surface area contributed by atoms with Crippen LogP contribution in [0.25, 0.3) is 0 Å². The summed E-state index contributed by atoms with van der Waals surface area (Å²) in [5.41, 5.74) is 2.95. The first kappa shape index (κ1) is 25.9. The van der Waals surface area contributed by atoms with Crippen molar-refractivity contribution >= 4 is 17.7 Å². The van der Waals surface area contributed by atoms with Gasteiger partial charge in [0.15, 0.2) is 0 Å². The van der Waals surface area contributed by atoms with E-state index in [-0.39, 0.29) is 12.1 Å². The predicted molar refractivity (Wildman–Crippen MR) is 143 cm³/mol. The molecule has 2 aliphatic heterocycles. The number of fused-ring (bicyclic) bond motifs is 1. The van der Waals surface area contributed by atoms with Crippen LogP contribution in [0.15, 0.2) is 42.5 Å². The average molecular weight is 498 g/mol. The predicted octanol–water partition coefficient (Wildman–Crippen LogP) is 6.48. The molecule has 1 atom stereocenters. The molecule has 2 aromatic rings. The standard InChI is InChI=1S/C29H39NO4S/c1-32-24-20-25-26(34-29(31)28(25)27(21-24)33-2)14-19-35-18-9-4-3-8-15-30-16-12-23(13-17-30)22-10-6-5-7-11-22/h5-7,10-11,20-21,23,26H,3-4,8-9,12-19H2,1-2H3. The van der Waals surface area contributed by atoms with Crippen LogP contribution in [0, 0.1) is 0 Å². The fourth-order valence-electron chi connectivity index (χ4n) is 5.23. The molecule has 5 nitrogen and oxygen atoms in total. The molecule has 0 spiro atoms. The molecule has 1 saturated heterocycles. The number of thioether (sulfide) groups is 1. The van der Waals surface area contributed by atoms with Gasteiger partial charge in [-0.05, 0) is 80.8 Å². The summed E-state index contributed by atoms with van der Waals surface area (Å²) in [6.45, 7) is 3.72. The van der Waals surface area contributed by atoms with Crippen LogP contribution in [0.4, 0.5) is 0 Å². The quantitative estimate of drug-likeness (QED) is 0.233. The minimum Gasteiger partial charge on any atom is -0.497 e. The van der Waals surface area contributed by atoms with Gasteiger partial charge in [0.2, 0.25) is 0 Å². The van der Waals surface area contributed by atoms with Crippen molar-refractivity contribution in [2.75, 3.05) is 45.4 Å². The molecule has 2 aromatic carbocycles. The number of carbonyl (C=O) groups excluding carboxylic acids is 1. The molecule has 0 aliphatic carbocycles. The third-order valence-corrected chi connectivity index (χ3v) is 8.36. The number of hydrogen-bond acceptors (Lipinski definition) is 6. The first-order valence-electron chi connectivity index (χ1n) is 13.0. The zero-order chi connectivity index (χ0) is 24.5. The minimum atomic E-state index is -0.293. The van der Waals surface area contributed by atoms with Crippen LogP contribution in [0.1, 0.15) is 78.5 Å². The highest BCUT2D eigenvalue weighted by Gasteiger charge is 2.34. The lowest BCUT2D eigenvalue weighted by atomic mass is 9.89. The van der Waals surface area contributed by atoms with Crippen molar-refractivity contribution in [2.45, 2.75) is 57.0 Å². The molecule has 0 bridgehead atoms. The molecule has 0 aromatic heterocycles. The Hall–Kier alpha value is -2.18. The largest absolute Gasteiger partial charge is 0.497 e. The van der Waals surface area contributed by atoms with Gasteiger partial charge >= 0.3 is 5.97 Å². The zero-order valence-corrected chi connectivity index (χ0v) is 22.0. The normalized spacial score (nSPS) is 18.3. The molecule has 0 N–H and O–H groups in total. The topological polar surface area (TPSA) is 48.0 Å². The van der Waals surface area contributed by atoms with Crippen LogP contribution in [0.3, 0.4) is 0 Å². The fraction of sp³-hybridized carbons (Fsp3) is 0.552. The maximum atomic E-state index is 12.3. The summed E-state index contributed by atoms with van der Waals surface area (Å²) < 4.78 is 16.4. The molecule has 6 heteroatoms. The van der Waals surface area contributed by atoms with Gasteiger partial charge in [-0.3, -0.25) is 0 Å². The lowest BCUT2D eigenvalue weighted by Crippen LogP contribution is -2.33. The minimum absolute atomic E-state index is 0.208. The van der Waals surface area contributed by atoms with Gasteiger partial charge in [-0.15, -0.1) is 0 Å². The van der Waals surface area contributed by atoms with Crippen molar-refractivity contribution in [1.82, 2.24) is 4.90 Å². The van der Waals surface area contributed by atoms with E-state index in [4.69, 9.17) is 14.2 Å². The van der Waals surface area contributed by atoms with Crippen molar-refractivity contribution in [2.24, 2.45) is 0 Å². The van der Waals surface area contributed by atoms with Crippen LogP contribution in [0.2, 0.25) is 0 Å². The van der Waals surface area contributed by atoms with Crippen LogP contribution in [-0.4, -0.2) is 56.2 Å². The molecule has 2 heterocycles. The van der Waals surface area contributed by atoms with Gasteiger partial charge in [0, 0.05) is 11.6 Å². The highest BCUT2D eigenvalue weighted by Crippen LogP contribution is 2.41. The van der Waals surface area contributed by atoms with E-state index in [2.05, 4.69) is 35.2 Å². The summed E-state index contributed by atoms with van der Waals surface area (Å²) in [7, 11) is 3.19. The van der Waals surface area contributed by atoms with Crippen molar-refractivity contribution in [3.05, 3.63) is 59.2 Å². The van der Waals surface area contributed by atoms with Gasteiger partial charge < -0.3 is 19.1 Å². The molecular formula is C29H39NO4S. The molecule has 190 valence electrons. The van der Waals surface area contributed by atoms with Gasteiger partial charge in [0.25, 0.3) is 0 Å². The van der Waals surface area contributed by atoms with Crippen molar-refractivity contribution in [3.63, 3.8) is 0 Å². The van der Waals surface area contributed by atoms with E-state index >= 15 is 0 Å². The van der Waals surface area contributed by atoms with Gasteiger partial charge in [-0.1, -0.05) is 43.2 Å². The Kier molecular flexibility index (Phi) is 9.78. The number of esters is 1. The van der Waals surface area contributed by atoms with E-state index in [1.165, 1.54) is 63.7 Å². The number of benzene rings is 2.